The van der Waals surface area contributed by atoms with E-state index < -0.39 is 8.80 Å². The van der Waals surface area contributed by atoms with Crippen molar-refractivity contribution in [1.82, 2.24) is 0 Å². The van der Waals surface area contributed by atoms with Crippen LogP contribution in [0.25, 0.3) is 5.57 Å². The van der Waals surface area contributed by atoms with Crippen LogP contribution in [0.4, 0.5) is 0 Å². The van der Waals surface area contributed by atoms with Gasteiger partial charge in [0.05, 0.1) is 0 Å². The molecule has 0 N–H and O–H groups in total. The summed E-state index contributed by atoms with van der Waals surface area (Å²) in [6.07, 6.45) is 2.84. The van der Waals surface area contributed by atoms with Crippen LogP contribution in [0.2, 0.25) is 0 Å². The number of allylic oxidation sites excluding steroid dienone is 1. The van der Waals surface area contributed by atoms with E-state index in [4.69, 9.17) is 13.3 Å². The van der Waals surface area contributed by atoms with Gasteiger partial charge < -0.3 is 13.3 Å². The summed E-state index contributed by atoms with van der Waals surface area (Å²) >= 11 is 0. The van der Waals surface area contributed by atoms with E-state index >= 15 is 0 Å². The minimum absolute atomic E-state index is 0.655. The first kappa shape index (κ1) is 19.1. The van der Waals surface area contributed by atoms with E-state index in [0.29, 0.717) is 19.8 Å². The van der Waals surface area contributed by atoms with Gasteiger partial charge in [-0.25, -0.2) is 0 Å². The van der Waals surface area contributed by atoms with Crippen molar-refractivity contribution in [2.75, 3.05) is 19.8 Å². The van der Waals surface area contributed by atoms with E-state index in [-0.39, 0.29) is 0 Å². The summed E-state index contributed by atoms with van der Waals surface area (Å²) < 4.78 is 18.4. The van der Waals surface area contributed by atoms with Crippen LogP contribution in [-0.2, 0) is 13.3 Å². The number of hydrogen-bond donors (Lipinski definition) is 0. The normalized spacial score (nSPS) is 11.6. The SMILES string of the molecule is C=C(C)c1ccc([Si](OCCC)(OCCC)OCCC)cc1. The standard InChI is InChI=1S/C18H30O3Si/c1-6-13-19-22(20-14-7-2,21-15-8-3)18-11-9-17(10-12-18)16(4)5/h9-12H,4,6-8,13-15H2,1-3,5H3. The zero-order valence-electron chi connectivity index (χ0n) is 14.5. The second-order valence-corrected chi connectivity index (χ2v) is 8.01. The molecule has 0 radical (unpaired) electrons. The number of hydrogen-bond acceptors (Lipinski definition) is 3. The van der Waals surface area contributed by atoms with Gasteiger partial charge in [0.15, 0.2) is 0 Å². The van der Waals surface area contributed by atoms with Crippen LogP contribution in [0.15, 0.2) is 30.8 Å². The summed E-state index contributed by atoms with van der Waals surface area (Å²) in [5.41, 5.74) is 2.19. The molecule has 0 aromatic heterocycles. The second-order valence-electron chi connectivity index (χ2n) is 5.46. The molecule has 0 aliphatic rings. The van der Waals surface area contributed by atoms with Gasteiger partial charge in [-0.3, -0.25) is 0 Å². The van der Waals surface area contributed by atoms with Crippen LogP contribution >= 0.6 is 0 Å². The quantitative estimate of drug-likeness (QED) is 0.573. The maximum absolute atomic E-state index is 6.14. The molecule has 4 heteroatoms. The Bertz CT molecular complexity index is 420. The molecular formula is C18H30O3Si. The Hall–Kier alpha value is -0.943. The first-order valence-corrected chi connectivity index (χ1v) is 10.00. The van der Waals surface area contributed by atoms with Gasteiger partial charge in [0, 0.05) is 25.0 Å². The van der Waals surface area contributed by atoms with Gasteiger partial charge in [-0.2, -0.15) is 0 Å². The lowest BCUT2D eigenvalue weighted by Crippen LogP contribution is -2.57. The molecule has 0 heterocycles. The first-order chi connectivity index (χ1) is 10.6. The molecule has 3 nitrogen and oxygen atoms in total. The fourth-order valence-corrected chi connectivity index (χ4v) is 4.79. The van der Waals surface area contributed by atoms with Gasteiger partial charge >= 0.3 is 8.80 Å². The molecule has 0 saturated carbocycles. The molecule has 0 aliphatic carbocycles. The molecule has 0 fully saturated rings. The van der Waals surface area contributed by atoms with Crippen molar-refractivity contribution in [1.29, 1.82) is 0 Å². The van der Waals surface area contributed by atoms with Crippen molar-refractivity contribution in [2.45, 2.75) is 47.0 Å². The second kappa shape index (κ2) is 9.95. The van der Waals surface area contributed by atoms with Crippen molar-refractivity contribution >= 4 is 19.6 Å². The third-order valence-corrected chi connectivity index (χ3v) is 6.01. The fourth-order valence-electron chi connectivity index (χ4n) is 2.04. The topological polar surface area (TPSA) is 27.7 Å². The number of rotatable bonds is 11. The lowest BCUT2D eigenvalue weighted by Gasteiger charge is -2.30. The van der Waals surface area contributed by atoms with E-state index in [1.165, 1.54) is 0 Å². The third kappa shape index (κ3) is 5.36. The van der Waals surface area contributed by atoms with E-state index in [1.807, 2.05) is 6.92 Å². The van der Waals surface area contributed by atoms with Crippen LogP contribution in [0.5, 0.6) is 0 Å². The van der Waals surface area contributed by atoms with E-state index in [2.05, 4.69) is 51.6 Å². The minimum atomic E-state index is -2.82. The van der Waals surface area contributed by atoms with Crippen LogP contribution < -0.4 is 5.19 Å². The monoisotopic (exact) mass is 322 g/mol. The van der Waals surface area contributed by atoms with Gasteiger partial charge in [-0.05, 0) is 31.7 Å². The largest absolute Gasteiger partial charge is 0.537 e. The first-order valence-electron chi connectivity index (χ1n) is 8.27. The van der Waals surface area contributed by atoms with Gasteiger partial charge in [-0.1, -0.05) is 57.2 Å². The predicted octanol–water partition coefficient (Wildman–Crippen LogP) is 4.15. The highest BCUT2D eigenvalue weighted by Gasteiger charge is 2.43. The molecule has 0 amide bonds. The maximum Gasteiger partial charge on any atom is 0.537 e. The highest BCUT2D eigenvalue weighted by atomic mass is 28.4. The van der Waals surface area contributed by atoms with Crippen LogP contribution in [-0.4, -0.2) is 28.6 Å². The third-order valence-electron chi connectivity index (χ3n) is 3.22. The van der Waals surface area contributed by atoms with E-state index in [9.17, 15) is 0 Å². The van der Waals surface area contributed by atoms with Crippen LogP contribution in [0.1, 0.15) is 52.5 Å². The highest BCUT2D eigenvalue weighted by molar-refractivity contribution is 6.75. The molecule has 0 atom stereocenters. The van der Waals surface area contributed by atoms with Crippen LogP contribution in [0.3, 0.4) is 0 Å². The summed E-state index contributed by atoms with van der Waals surface area (Å²) in [7, 11) is -2.82. The highest BCUT2D eigenvalue weighted by Crippen LogP contribution is 2.16. The Morgan fingerprint density at radius 1 is 0.864 bits per heavy atom. The molecule has 0 aliphatic heterocycles. The average molecular weight is 323 g/mol. The average Bonchev–Trinajstić information content (AvgIpc) is 2.54. The lowest BCUT2D eigenvalue weighted by molar-refractivity contribution is 0.0732. The number of benzene rings is 1. The van der Waals surface area contributed by atoms with Crippen LogP contribution in [0, 0.1) is 0 Å². The molecule has 1 aromatic rings. The molecular weight excluding hydrogens is 292 g/mol. The Morgan fingerprint density at radius 3 is 1.59 bits per heavy atom. The van der Waals surface area contributed by atoms with Crippen molar-refractivity contribution in [3.63, 3.8) is 0 Å². The Labute approximate surface area is 136 Å². The predicted molar refractivity (Wildman–Crippen MR) is 95.3 cm³/mol. The maximum atomic E-state index is 6.14. The summed E-state index contributed by atoms with van der Waals surface area (Å²) in [5.74, 6) is 0. The lowest BCUT2D eigenvalue weighted by atomic mass is 10.1. The van der Waals surface area contributed by atoms with E-state index in [0.717, 1.165) is 35.6 Å². The van der Waals surface area contributed by atoms with Gasteiger partial charge in [0.2, 0.25) is 0 Å². The zero-order chi connectivity index (χ0) is 16.4. The summed E-state index contributed by atoms with van der Waals surface area (Å²) in [6.45, 7) is 14.3. The fraction of sp³-hybridized carbons (Fsp3) is 0.556. The van der Waals surface area contributed by atoms with Gasteiger partial charge in [0.1, 0.15) is 0 Å². The Balaban J connectivity index is 3.09. The van der Waals surface area contributed by atoms with Gasteiger partial charge in [-0.15, -0.1) is 0 Å². The van der Waals surface area contributed by atoms with Crippen molar-refractivity contribution in [2.24, 2.45) is 0 Å². The molecule has 0 bridgehead atoms. The summed E-state index contributed by atoms with van der Waals surface area (Å²) in [4.78, 5) is 0. The van der Waals surface area contributed by atoms with Gasteiger partial charge in [0.25, 0.3) is 0 Å². The van der Waals surface area contributed by atoms with Crippen molar-refractivity contribution in [3.05, 3.63) is 36.4 Å². The van der Waals surface area contributed by atoms with E-state index in [1.54, 1.807) is 0 Å². The Kier molecular flexibility index (Phi) is 8.64. The molecule has 0 saturated heterocycles. The Morgan fingerprint density at radius 2 is 1.27 bits per heavy atom. The molecule has 1 rings (SSSR count). The molecule has 0 spiro atoms. The van der Waals surface area contributed by atoms with Crippen molar-refractivity contribution < 1.29 is 13.3 Å². The smallest absolute Gasteiger partial charge is 0.370 e. The summed E-state index contributed by atoms with van der Waals surface area (Å²) in [5, 5.41) is 1.04. The molecule has 22 heavy (non-hydrogen) atoms. The van der Waals surface area contributed by atoms with Crippen molar-refractivity contribution in [3.8, 4) is 0 Å². The molecule has 124 valence electrons. The minimum Gasteiger partial charge on any atom is -0.370 e. The molecule has 1 aromatic carbocycles. The zero-order valence-corrected chi connectivity index (χ0v) is 15.5. The molecule has 0 unspecified atom stereocenters. The summed E-state index contributed by atoms with van der Waals surface area (Å²) in [6, 6.07) is 8.27.